The molecule has 0 aromatic heterocycles. The van der Waals surface area contributed by atoms with E-state index in [2.05, 4.69) is 35.7 Å². The number of nitrogens with zero attached hydrogens (tertiary/aromatic N) is 1. The maximum absolute atomic E-state index is 12.4. The van der Waals surface area contributed by atoms with Crippen LogP contribution in [-0.2, 0) is 19.2 Å². The summed E-state index contributed by atoms with van der Waals surface area (Å²) in [5, 5.41) is 9.93. The summed E-state index contributed by atoms with van der Waals surface area (Å²) in [4.78, 5) is 42.2. The van der Waals surface area contributed by atoms with Crippen LogP contribution in [0.2, 0.25) is 0 Å². The molecule has 7 atom stereocenters. The lowest BCUT2D eigenvalue weighted by molar-refractivity contribution is -0.131. The first kappa shape index (κ1) is 25.5. The van der Waals surface area contributed by atoms with Crippen LogP contribution in [-0.4, -0.2) is 42.5 Å². The molecule has 0 unspecified atom stereocenters. The summed E-state index contributed by atoms with van der Waals surface area (Å²) in [6, 6.07) is -0.480. The quantitative estimate of drug-likeness (QED) is 0.553. The molecule has 36 heavy (non-hydrogen) atoms. The van der Waals surface area contributed by atoms with Crippen molar-refractivity contribution in [1.82, 2.24) is 10.6 Å². The number of rotatable bonds is 5. The molecule has 198 valence electrons. The molecular weight excluding hydrogens is 454 g/mol. The van der Waals surface area contributed by atoms with Crippen molar-refractivity contribution in [2.24, 2.45) is 39.7 Å². The maximum atomic E-state index is 12.4. The number of amides is 2. The number of carbonyl (C=O) groups is 3. The van der Waals surface area contributed by atoms with E-state index in [0.29, 0.717) is 30.6 Å². The molecule has 1 aliphatic heterocycles. The predicted molar refractivity (Wildman–Crippen MR) is 138 cm³/mol. The number of carbonyl (C=O) groups excluding carboxylic acids is 3. The van der Waals surface area contributed by atoms with Gasteiger partial charge in [-0.3, -0.25) is 14.4 Å². The molecule has 5 aliphatic rings. The fraction of sp³-hybridized carbons (Fsp3) is 0.793. The van der Waals surface area contributed by atoms with Gasteiger partial charge < -0.3 is 15.5 Å². The molecule has 0 radical (unpaired) electrons. The summed E-state index contributed by atoms with van der Waals surface area (Å²) in [5.74, 6) is 2.30. The number of ketones is 1. The minimum Gasteiger partial charge on any atom is -0.385 e. The van der Waals surface area contributed by atoms with Gasteiger partial charge in [0.15, 0.2) is 6.61 Å². The van der Waals surface area contributed by atoms with E-state index in [-0.39, 0.29) is 35.2 Å². The molecule has 0 spiro atoms. The topological polar surface area (TPSA) is 96.9 Å². The molecule has 4 aliphatic carbocycles. The van der Waals surface area contributed by atoms with Crippen molar-refractivity contribution in [3.8, 4) is 0 Å². The van der Waals surface area contributed by atoms with E-state index in [4.69, 9.17) is 4.84 Å². The van der Waals surface area contributed by atoms with Crippen molar-refractivity contribution in [2.75, 3.05) is 13.2 Å². The number of hydrogen-bond acceptors (Lipinski definition) is 5. The molecule has 0 aromatic rings. The molecule has 4 fully saturated rings. The summed E-state index contributed by atoms with van der Waals surface area (Å²) in [7, 11) is 0. The second-order valence-corrected chi connectivity index (χ2v) is 12.6. The van der Waals surface area contributed by atoms with Crippen LogP contribution < -0.4 is 10.6 Å². The smallest absolute Gasteiger partial charge is 0.261 e. The van der Waals surface area contributed by atoms with Crippen molar-refractivity contribution in [1.29, 1.82) is 0 Å². The van der Waals surface area contributed by atoms with Gasteiger partial charge >= 0.3 is 0 Å². The number of allylic oxidation sites excluding steroid dienone is 2. The third-order valence-corrected chi connectivity index (χ3v) is 10.7. The zero-order valence-electron chi connectivity index (χ0n) is 22.2. The minimum absolute atomic E-state index is 0.114. The fourth-order valence-electron chi connectivity index (χ4n) is 8.80. The Hall–Kier alpha value is -2.18. The predicted octanol–water partition coefficient (Wildman–Crippen LogP) is 4.31. The van der Waals surface area contributed by atoms with Crippen molar-refractivity contribution < 1.29 is 19.2 Å². The zero-order valence-corrected chi connectivity index (χ0v) is 22.2. The van der Waals surface area contributed by atoms with Crippen molar-refractivity contribution in [3.63, 3.8) is 0 Å². The molecule has 7 nitrogen and oxygen atoms in total. The highest BCUT2D eigenvalue weighted by Gasteiger charge is 2.59. The van der Waals surface area contributed by atoms with Crippen LogP contribution in [0.25, 0.3) is 0 Å². The first-order valence-corrected chi connectivity index (χ1v) is 14.2. The average Bonchev–Trinajstić information content (AvgIpc) is 3.08. The average molecular weight is 498 g/mol. The molecular formula is C29H43N3O4. The van der Waals surface area contributed by atoms with E-state index in [1.165, 1.54) is 31.3 Å². The Morgan fingerprint density at radius 3 is 2.72 bits per heavy atom. The van der Waals surface area contributed by atoms with Crippen LogP contribution in [0.4, 0.5) is 0 Å². The maximum Gasteiger partial charge on any atom is 0.261 e. The molecule has 2 N–H and O–H groups in total. The van der Waals surface area contributed by atoms with Crippen molar-refractivity contribution >= 4 is 23.3 Å². The zero-order chi connectivity index (χ0) is 25.5. The summed E-state index contributed by atoms with van der Waals surface area (Å²) in [6.07, 6.45) is 13.6. The van der Waals surface area contributed by atoms with Crippen LogP contribution in [0.3, 0.4) is 0 Å². The Labute approximate surface area is 215 Å². The summed E-state index contributed by atoms with van der Waals surface area (Å²) >= 11 is 0. The van der Waals surface area contributed by atoms with Gasteiger partial charge in [0, 0.05) is 12.5 Å². The Balaban J connectivity index is 1.20. The lowest BCUT2D eigenvalue weighted by Gasteiger charge is -2.58. The third-order valence-electron chi connectivity index (χ3n) is 10.7. The molecule has 3 saturated carbocycles. The van der Waals surface area contributed by atoms with Gasteiger partial charge in [-0.25, -0.2) is 0 Å². The summed E-state index contributed by atoms with van der Waals surface area (Å²) < 4.78 is 0. The molecule has 1 heterocycles. The molecule has 1 saturated heterocycles. The van der Waals surface area contributed by atoms with E-state index < -0.39 is 6.04 Å². The van der Waals surface area contributed by atoms with Crippen LogP contribution in [0, 0.1) is 34.5 Å². The van der Waals surface area contributed by atoms with Gasteiger partial charge in [0.25, 0.3) is 5.91 Å². The monoisotopic (exact) mass is 497 g/mol. The Morgan fingerprint density at radius 2 is 1.92 bits per heavy atom. The first-order chi connectivity index (χ1) is 17.2. The molecule has 0 bridgehead atoms. The van der Waals surface area contributed by atoms with E-state index in [0.717, 1.165) is 50.2 Å². The molecule has 5 rings (SSSR count). The highest BCUT2D eigenvalue weighted by atomic mass is 16.6. The highest BCUT2D eigenvalue weighted by molar-refractivity contribution is 5.96. The van der Waals surface area contributed by atoms with Gasteiger partial charge in [-0.2, -0.15) is 0 Å². The Morgan fingerprint density at radius 1 is 1.08 bits per heavy atom. The van der Waals surface area contributed by atoms with E-state index in [1.807, 2.05) is 0 Å². The fourth-order valence-corrected chi connectivity index (χ4v) is 8.80. The molecule has 0 aromatic carbocycles. The van der Waals surface area contributed by atoms with E-state index in [9.17, 15) is 14.4 Å². The van der Waals surface area contributed by atoms with Gasteiger partial charge in [-0.1, -0.05) is 24.6 Å². The Bertz CT molecular complexity index is 974. The van der Waals surface area contributed by atoms with Crippen LogP contribution in [0.1, 0.15) is 91.4 Å². The van der Waals surface area contributed by atoms with Gasteiger partial charge in [0.2, 0.25) is 5.91 Å². The normalized spacial score (nSPS) is 41.2. The van der Waals surface area contributed by atoms with Gasteiger partial charge in [-0.05, 0) is 112 Å². The summed E-state index contributed by atoms with van der Waals surface area (Å²) in [6.45, 7) is 7.16. The van der Waals surface area contributed by atoms with Crippen LogP contribution >= 0.6 is 0 Å². The second kappa shape index (κ2) is 9.94. The largest absolute Gasteiger partial charge is 0.385 e. The van der Waals surface area contributed by atoms with Crippen molar-refractivity contribution in [3.05, 3.63) is 11.6 Å². The SMILES string of the molecule is CC(=O)[C@H]1CC[C@H]2[C@@H]3CCC4=C/C(=N/OCC(=O)N[C@H]5CCCCNC5=O)CC[C@]4(C)[C@H]3CC[C@]12C. The van der Waals surface area contributed by atoms with Gasteiger partial charge in [-0.15, -0.1) is 0 Å². The second-order valence-electron chi connectivity index (χ2n) is 12.6. The van der Waals surface area contributed by atoms with Gasteiger partial charge in [0.1, 0.15) is 11.8 Å². The minimum atomic E-state index is -0.480. The van der Waals surface area contributed by atoms with E-state index in [1.54, 1.807) is 6.92 Å². The number of hydrogen-bond donors (Lipinski definition) is 2. The van der Waals surface area contributed by atoms with E-state index >= 15 is 0 Å². The Kier molecular flexibility index (Phi) is 7.03. The number of fused-ring (bicyclic) bond motifs is 5. The number of Topliss-reactive ketones (excluding diaryl/α,β-unsaturated/α-hetero) is 1. The van der Waals surface area contributed by atoms with Gasteiger partial charge in [0.05, 0.1) is 5.71 Å². The number of nitrogens with one attached hydrogen (secondary N) is 2. The molecule has 7 heteroatoms. The lowest BCUT2D eigenvalue weighted by Crippen LogP contribution is -2.51. The van der Waals surface area contributed by atoms with Crippen molar-refractivity contribution in [2.45, 2.75) is 97.4 Å². The lowest BCUT2D eigenvalue weighted by atomic mass is 9.46. The van der Waals surface area contributed by atoms with Crippen LogP contribution in [0.5, 0.6) is 0 Å². The summed E-state index contributed by atoms with van der Waals surface area (Å²) in [5.41, 5.74) is 2.79. The first-order valence-electron chi connectivity index (χ1n) is 14.2. The number of oxime groups is 1. The van der Waals surface area contributed by atoms with Crippen LogP contribution in [0.15, 0.2) is 16.8 Å². The third kappa shape index (κ3) is 4.51. The molecule has 2 amide bonds. The standard InChI is InChI=1S/C29H43N3O4/c1-18(33)22-9-10-23-21-8-7-19-16-20(11-13-28(19,2)24(21)12-14-29(22,23)3)32-36-17-26(34)31-25-6-4-5-15-30-27(25)35/h16,21-25H,4-15,17H2,1-3H3,(H,30,35)(H,31,34)/b32-20+/t21-,22+,23-,24-,25-,28-,29+/m0/s1. The highest BCUT2D eigenvalue weighted by Crippen LogP contribution is 2.66.